The van der Waals surface area contributed by atoms with Gasteiger partial charge in [-0.25, -0.2) is 4.68 Å². The van der Waals surface area contributed by atoms with Gasteiger partial charge in [-0.2, -0.15) is 0 Å². The molecule has 0 fully saturated rings. The molecule has 0 radical (unpaired) electrons. The van der Waals surface area contributed by atoms with Gasteiger partial charge in [0, 0.05) is 0 Å². The molecule has 1 atom stereocenters. The van der Waals surface area contributed by atoms with Crippen LogP contribution in [0.5, 0.6) is 0 Å². The molecule has 5 heteroatoms. The Morgan fingerprint density at radius 3 is 3.00 bits per heavy atom. The first-order valence-electron chi connectivity index (χ1n) is 3.02. The third kappa shape index (κ3) is 1.70. The van der Waals surface area contributed by atoms with Crippen molar-refractivity contribution >= 4 is 5.82 Å². The second-order valence-corrected chi connectivity index (χ2v) is 2.21. The van der Waals surface area contributed by atoms with E-state index in [9.17, 15) is 0 Å². The molecule has 0 saturated heterocycles. The van der Waals surface area contributed by atoms with Crippen LogP contribution in [-0.2, 0) is 6.54 Å². The molecule has 0 spiro atoms. The summed E-state index contributed by atoms with van der Waals surface area (Å²) in [5.41, 5.74) is 5.28. The average molecular weight is 142 g/mol. The summed E-state index contributed by atoms with van der Waals surface area (Å²) in [4.78, 5) is 0. The van der Waals surface area contributed by atoms with Crippen LogP contribution in [0.25, 0.3) is 0 Å². The monoisotopic (exact) mass is 142 g/mol. The predicted molar refractivity (Wildman–Crippen MR) is 36.1 cm³/mol. The molecule has 1 aromatic heterocycles. The number of rotatable bonds is 2. The second kappa shape index (κ2) is 2.66. The van der Waals surface area contributed by atoms with E-state index in [-0.39, 0.29) is 0 Å². The average Bonchev–Trinajstić information content (AvgIpc) is 2.13. The summed E-state index contributed by atoms with van der Waals surface area (Å²) in [6.07, 6.45) is 1.16. The maximum Gasteiger partial charge on any atom is 0.165 e. The maximum absolute atomic E-state index is 8.89. The van der Waals surface area contributed by atoms with Gasteiger partial charge in [-0.15, -0.1) is 5.10 Å². The van der Waals surface area contributed by atoms with E-state index in [0.717, 1.165) is 0 Å². The molecule has 10 heavy (non-hydrogen) atoms. The molecule has 1 unspecified atom stereocenters. The molecule has 0 aromatic carbocycles. The number of nitrogens with two attached hydrogens (primary N) is 1. The SMILES string of the molecule is CC(O)Cn1cc(N)nn1. The van der Waals surface area contributed by atoms with E-state index >= 15 is 0 Å². The van der Waals surface area contributed by atoms with E-state index in [0.29, 0.717) is 12.4 Å². The van der Waals surface area contributed by atoms with Gasteiger partial charge in [0.25, 0.3) is 0 Å². The molecule has 0 amide bonds. The molecule has 0 bridgehead atoms. The van der Waals surface area contributed by atoms with Gasteiger partial charge in [0.05, 0.1) is 18.8 Å². The van der Waals surface area contributed by atoms with Crippen molar-refractivity contribution in [3.05, 3.63) is 6.20 Å². The molecule has 0 aliphatic heterocycles. The van der Waals surface area contributed by atoms with Crippen LogP contribution in [0.2, 0.25) is 0 Å². The fourth-order valence-electron chi connectivity index (χ4n) is 0.673. The van der Waals surface area contributed by atoms with E-state index in [1.165, 1.54) is 4.68 Å². The fraction of sp³-hybridized carbons (Fsp3) is 0.600. The summed E-state index contributed by atoms with van der Waals surface area (Å²) in [5, 5.41) is 16.1. The van der Waals surface area contributed by atoms with Crippen LogP contribution in [0.3, 0.4) is 0 Å². The Balaban J connectivity index is 2.58. The number of aliphatic hydroxyl groups excluding tert-OH is 1. The molecule has 56 valence electrons. The number of aliphatic hydroxyl groups is 1. The Bertz CT molecular complexity index is 207. The van der Waals surface area contributed by atoms with Crippen molar-refractivity contribution in [2.75, 3.05) is 5.73 Å². The molecule has 0 aliphatic rings. The number of aromatic nitrogens is 3. The fourth-order valence-corrected chi connectivity index (χ4v) is 0.673. The predicted octanol–water partition coefficient (Wildman–Crippen LogP) is -0.759. The van der Waals surface area contributed by atoms with Gasteiger partial charge in [0.1, 0.15) is 0 Å². The number of anilines is 1. The highest BCUT2D eigenvalue weighted by atomic mass is 16.3. The van der Waals surface area contributed by atoms with Crippen molar-refractivity contribution in [3.63, 3.8) is 0 Å². The topological polar surface area (TPSA) is 77.0 Å². The first-order chi connectivity index (χ1) is 4.68. The van der Waals surface area contributed by atoms with Crippen molar-refractivity contribution < 1.29 is 5.11 Å². The highest BCUT2D eigenvalue weighted by Gasteiger charge is 1.98. The number of nitrogen functional groups attached to an aromatic ring is 1. The lowest BCUT2D eigenvalue weighted by molar-refractivity contribution is 0.167. The number of hydrogen-bond acceptors (Lipinski definition) is 4. The normalized spacial score (nSPS) is 13.4. The summed E-state index contributed by atoms with van der Waals surface area (Å²) in [6, 6.07) is 0. The minimum absolute atomic E-state index is 0.376. The number of nitrogens with zero attached hydrogens (tertiary/aromatic N) is 3. The van der Waals surface area contributed by atoms with Gasteiger partial charge in [0.2, 0.25) is 0 Å². The minimum Gasteiger partial charge on any atom is -0.391 e. The Hall–Kier alpha value is -1.10. The highest BCUT2D eigenvalue weighted by molar-refractivity contribution is 5.19. The van der Waals surface area contributed by atoms with Crippen molar-refractivity contribution in [3.8, 4) is 0 Å². The molecule has 1 aromatic rings. The van der Waals surface area contributed by atoms with Gasteiger partial charge in [-0.05, 0) is 6.92 Å². The van der Waals surface area contributed by atoms with Crippen LogP contribution < -0.4 is 5.73 Å². The van der Waals surface area contributed by atoms with Gasteiger partial charge in [0.15, 0.2) is 5.82 Å². The Labute approximate surface area is 58.5 Å². The van der Waals surface area contributed by atoms with E-state index in [1.54, 1.807) is 13.1 Å². The third-order valence-electron chi connectivity index (χ3n) is 1.01. The van der Waals surface area contributed by atoms with E-state index in [2.05, 4.69) is 10.3 Å². The van der Waals surface area contributed by atoms with Crippen LogP contribution in [-0.4, -0.2) is 26.2 Å². The molecule has 5 nitrogen and oxygen atoms in total. The molecule has 0 saturated carbocycles. The van der Waals surface area contributed by atoms with Gasteiger partial charge in [-0.1, -0.05) is 5.21 Å². The van der Waals surface area contributed by atoms with Gasteiger partial charge in [-0.3, -0.25) is 0 Å². The smallest absolute Gasteiger partial charge is 0.165 e. The molecule has 1 rings (SSSR count). The van der Waals surface area contributed by atoms with E-state index in [4.69, 9.17) is 10.8 Å². The van der Waals surface area contributed by atoms with E-state index in [1.807, 2.05) is 0 Å². The van der Waals surface area contributed by atoms with Crippen molar-refractivity contribution in [1.82, 2.24) is 15.0 Å². The van der Waals surface area contributed by atoms with Crippen LogP contribution in [0.1, 0.15) is 6.92 Å². The first-order valence-corrected chi connectivity index (χ1v) is 3.02. The summed E-state index contributed by atoms with van der Waals surface area (Å²) in [7, 11) is 0. The Kier molecular flexibility index (Phi) is 1.86. The Morgan fingerprint density at radius 1 is 1.90 bits per heavy atom. The van der Waals surface area contributed by atoms with Gasteiger partial charge >= 0.3 is 0 Å². The van der Waals surface area contributed by atoms with Gasteiger partial charge < -0.3 is 10.8 Å². The lowest BCUT2D eigenvalue weighted by atomic mass is 10.4. The van der Waals surface area contributed by atoms with Crippen LogP contribution in [0, 0.1) is 0 Å². The molecule has 3 N–H and O–H groups in total. The lowest BCUT2D eigenvalue weighted by Gasteiger charge is -2.00. The van der Waals surface area contributed by atoms with Crippen LogP contribution in [0.15, 0.2) is 6.20 Å². The molecule has 1 heterocycles. The van der Waals surface area contributed by atoms with Crippen molar-refractivity contribution in [2.24, 2.45) is 0 Å². The van der Waals surface area contributed by atoms with Crippen LogP contribution >= 0.6 is 0 Å². The van der Waals surface area contributed by atoms with E-state index < -0.39 is 6.10 Å². The zero-order valence-electron chi connectivity index (χ0n) is 5.73. The maximum atomic E-state index is 8.89. The quantitative estimate of drug-likeness (QED) is 0.569. The summed E-state index contributed by atoms with van der Waals surface area (Å²) in [5.74, 6) is 0.376. The second-order valence-electron chi connectivity index (χ2n) is 2.21. The van der Waals surface area contributed by atoms with Crippen molar-refractivity contribution in [2.45, 2.75) is 19.6 Å². The number of hydrogen-bond donors (Lipinski definition) is 2. The summed E-state index contributed by atoms with van der Waals surface area (Å²) < 4.78 is 1.50. The zero-order valence-corrected chi connectivity index (χ0v) is 5.73. The molecule has 0 aliphatic carbocycles. The summed E-state index contributed by atoms with van der Waals surface area (Å²) >= 11 is 0. The summed E-state index contributed by atoms with van der Waals surface area (Å²) in [6.45, 7) is 2.11. The highest BCUT2D eigenvalue weighted by Crippen LogP contribution is 1.93. The molecular weight excluding hydrogens is 132 g/mol. The minimum atomic E-state index is -0.416. The standard InChI is InChI=1S/C5H10N4O/c1-4(10)2-9-3-5(6)7-8-9/h3-4,10H,2,6H2,1H3. The zero-order chi connectivity index (χ0) is 7.56. The third-order valence-corrected chi connectivity index (χ3v) is 1.01. The van der Waals surface area contributed by atoms with Crippen molar-refractivity contribution in [1.29, 1.82) is 0 Å². The lowest BCUT2D eigenvalue weighted by Crippen LogP contribution is -2.11. The largest absolute Gasteiger partial charge is 0.391 e. The van der Waals surface area contributed by atoms with Crippen LogP contribution in [0.4, 0.5) is 5.82 Å². The first kappa shape index (κ1) is 7.01. The Morgan fingerprint density at radius 2 is 2.60 bits per heavy atom. The molecular formula is C5H10N4O.